The molecule has 1 aliphatic carbocycles. The van der Waals surface area contributed by atoms with Crippen molar-refractivity contribution in [1.82, 2.24) is 0 Å². The Morgan fingerprint density at radius 2 is 1.87 bits per heavy atom. The largest absolute Gasteiger partial charge is 0.370 e. The number of ketones is 1. The Bertz CT molecular complexity index is 193. The Kier molecular flexibility index (Phi) is 5.30. The fourth-order valence-corrected chi connectivity index (χ4v) is 2.40. The van der Waals surface area contributed by atoms with Crippen LogP contribution in [0.1, 0.15) is 52.9 Å². The van der Waals surface area contributed by atoms with E-state index < -0.39 is 0 Å². The van der Waals surface area contributed by atoms with E-state index in [1.807, 2.05) is 6.92 Å². The van der Waals surface area contributed by atoms with Crippen molar-refractivity contribution in [3.63, 3.8) is 0 Å². The summed E-state index contributed by atoms with van der Waals surface area (Å²) in [6.45, 7) is 6.74. The van der Waals surface area contributed by atoms with E-state index in [2.05, 4.69) is 13.8 Å². The van der Waals surface area contributed by atoms with E-state index in [0.29, 0.717) is 18.3 Å². The summed E-state index contributed by atoms with van der Waals surface area (Å²) >= 11 is 0. The van der Waals surface area contributed by atoms with Crippen molar-refractivity contribution in [2.45, 2.75) is 59.0 Å². The van der Waals surface area contributed by atoms with Gasteiger partial charge in [0.15, 0.2) is 5.78 Å². The molecule has 2 nitrogen and oxygen atoms in total. The van der Waals surface area contributed by atoms with Crippen LogP contribution >= 0.6 is 0 Å². The highest BCUT2D eigenvalue weighted by atomic mass is 16.5. The van der Waals surface area contributed by atoms with Crippen LogP contribution in [0.25, 0.3) is 0 Å². The van der Waals surface area contributed by atoms with Gasteiger partial charge >= 0.3 is 0 Å². The standard InChI is InChI=1S/C13H24O2/c1-4-15-13(10(2)3)12(14)11-8-6-5-7-9-11/h10-11,13H,4-9H2,1-3H3. The first-order valence-corrected chi connectivity index (χ1v) is 6.32. The van der Waals surface area contributed by atoms with E-state index in [1.165, 1.54) is 19.3 Å². The van der Waals surface area contributed by atoms with Crippen molar-refractivity contribution in [3.8, 4) is 0 Å². The van der Waals surface area contributed by atoms with Crippen LogP contribution in [0, 0.1) is 11.8 Å². The van der Waals surface area contributed by atoms with Gasteiger partial charge in [-0.3, -0.25) is 4.79 Å². The lowest BCUT2D eigenvalue weighted by atomic mass is 9.82. The highest BCUT2D eigenvalue weighted by Gasteiger charge is 2.30. The molecule has 2 heteroatoms. The minimum absolute atomic E-state index is 0.168. The van der Waals surface area contributed by atoms with Crippen LogP contribution in [0.5, 0.6) is 0 Å². The molecule has 0 spiro atoms. The highest BCUT2D eigenvalue weighted by Crippen LogP contribution is 2.27. The number of hydrogen-bond acceptors (Lipinski definition) is 2. The number of rotatable bonds is 5. The zero-order valence-electron chi connectivity index (χ0n) is 10.3. The SMILES string of the molecule is CCOC(C(=O)C1CCCCC1)C(C)C. The lowest BCUT2D eigenvalue weighted by molar-refractivity contribution is -0.138. The predicted molar refractivity (Wildman–Crippen MR) is 61.8 cm³/mol. The molecule has 0 aromatic carbocycles. The number of ether oxygens (including phenoxy) is 1. The molecule has 0 saturated heterocycles. The summed E-state index contributed by atoms with van der Waals surface area (Å²) in [5.74, 6) is 0.934. The second kappa shape index (κ2) is 6.26. The van der Waals surface area contributed by atoms with Gasteiger partial charge in [0.2, 0.25) is 0 Å². The van der Waals surface area contributed by atoms with Gasteiger partial charge in [0.1, 0.15) is 6.10 Å². The quantitative estimate of drug-likeness (QED) is 0.699. The number of Topliss-reactive ketones (excluding diaryl/α,β-unsaturated/α-hetero) is 1. The van der Waals surface area contributed by atoms with Gasteiger partial charge in [-0.2, -0.15) is 0 Å². The molecule has 0 aromatic heterocycles. The third kappa shape index (κ3) is 3.60. The van der Waals surface area contributed by atoms with Crippen LogP contribution in [0.3, 0.4) is 0 Å². The van der Waals surface area contributed by atoms with E-state index in [0.717, 1.165) is 12.8 Å². The van der Waals surface area contributed by atoms with Gasteiger partial charge in [0.25, 0.3) is 0 Å². The first kappa shape index (κ1) is 12.7. The molecule has 0 radical (unpaired) electrons. The minimum atomic E-state index is -0.168. The first-order valence-electron chi connectivity index (χ1n) is 6.32. The summed E-state index contributed by atoms with van der Waals surface area (Å²) in [5, 5.41) is 0. The summed E-state index contributed by atoms with van der Waals surface area (Å²) in [6.07, 6.45) is 5.72. The second-order valence-corrected chi connectivity index (χ2v) is 4.86. The lowest BCUT2D eigenvalue weighted by Gasteiger charge is -2.27. The summed E-state index contributed by atoms with van der Waals surface area (Å²) in [6, 6.07) is 0. The molecule has 1 saturated carbocycles. The maximum atomic E-state index is 12.2. The zero-order chi connectivity index (χ0) is 11.3. The molecule has 0 aromatic rings. The van der Waals surface area contributed by atoms with E-state index in [9.17, 15) is 4.79 Å². The van der Waals surface area contributed by atoms with Crippen LogP contribution in [-0.4, -0.2) is 18.5 Å². The number of hydrogen-bond donors (Lipinski definition) is 0. The van der Waals surface area contributed by atoms with Gasteiger partial charge in [-0.05, 0) is 25.7 Å². The highest BCUT2D eigenvalue weighted by molar-refractivity contribution is 5.85. The Balaban J connectivity index is 2.53. The van der Waals surface area contributed by atoms with Gasteiger partial charge in [0, 0.05) is 12.5 Å². The van der Waals surface area contributed by atoms with Crippen molar-refractivity contribution in [2.24, 2.45) is 11.8 Å². The van der Waals surface area contributed by atoms with Crippen LogP contribution in [0.2, 0.25) is 0 Å². The maximum absolute atomic E-state index is 12.2. The van der Waals surface area contributed by atoms with Crippen LogP contribution in [-0.2, 0) is 9.53 Å². The van der Waals surface area contributed by atoms with Gasteiger partial charge < -0.3 is 4.74 Å². The molecule has 1 atom stereocenters. The molecule has 0 aliphatic heterocycles. The Morgan fingerprint density at radius 3 is 2.33 bits per heavy atom. The molecule has 0 amide bonds. The van der Waals surface area contributed by atoms with Gasteiger partial charge in [0.05, 0.1) is 0 Å². The second-order valence-electron chi connectivity index (χ2n) is 4.86. The fourth-order valence-electron chi connectivity index (χ4n) is 2.40. The predicted octanol–water partition coefficient (Wildman–Crippen LogP) is 3.20. The van der Waals surface area contributed by atoms with Crippen molar-refractivity contribution >= 4 is 5.78 Å². The summed E-state index contributed by atoms with van der Waals surface area (Å²) in [4.78, 5) is 12.2. The molecule has 0 bridgehead atoms. The summed E-state index contributed by atoms with van der Waals surface area (Å²) < 4.78 is 5.57. The van der Waals surface area contributed by atoms with Crippen molar-refractivity contribution in [3.05, 3.63) is 0 Å². The van der Waals surface area contributed by atoms with Crippen LogP contribution in [0.15, 0.2) is 0 Å². The molecule has 0 heterocycles. The normalized spacial score (nSPS) is 20.5. The average molecular weight is 212 g/mol. The van der Waals surface area contributed by atoms with Gasteiger partial charge in [-0.15, -0.1) is 0 Å². The van der Waals surface area contributed by atoms with Crippen molar-refractivity contribution < 1.29 is 9.53 Å². The topological polar surface area (TPSA) is 26.3 Å². The fraction of sp³-hybridized carbons (Fsp3) is 0.923. The van der Waals surface area contributed by atoms with Crippen molar-refractivity contribution in [1.29, 1.82) is 0 Å². The molecule has 15 heavy (non-hydrogen) atoms. The van der Waals surface area contributed by atoms with E-state index in [4.69, 9.17) is 4.74 Å². The van der Waals surface area contributed by atoms with Gasteiger partial charge in [-0.25, -0.2) is 0 Å². The third-order valence-electron chi connectivity index (χ3n) is 3.24. The molecular weight excluding hydrogens is 188 g/mol. The first-order chi connectivity index (χ1) is 7.16. The zero-order valence-corrected chi connectivity index (χ0v) is 10.3. The van der Waals surface area contributed by atoms with E-state index in [1.54, 1.807) is 0 Å². The van der Waals surface area contributed by atoms with E-state index in [-0.39, 0.29) is 12.0 Å². The number of carbonyl (C=O) groups is 1. The Hall–Kier alpha value is -0.370. The van der Waals surface area contributed by atoms with Crippen molar-refractivity contribution in [2.75, 3.05) is 6.61 Å². The Morgan fingerprint density at radius 1 is 1.27 bits per heavy atom. The molecular formula is C13H24O2. The molecule has 88 valence electrons. The Labute approximate surface area is 93.4 Å². The minimum Gasteiger partial charge on any atom is -0.370 e. The molecule has 1 fully saturated rings. The lowest BCUT2D eigenvalue weighted by Crippen LogP contribution is -2.35. The molecule has 0 N–H and O–H groups in total. The molecule has 1 aliphatic rings. The summed E-state index contributed by atoms with van der Waals surface area (Å²) in [5.41, 5.74) is 0. The molecule has 1 rings (SSSR count). The average Bonchev–Trinajstić information content (AvgIpc) is 2.26. The van der Waals surface area contributed by atoms with Gasteiger partial charge in [-0.1, -0.05) is 33.1 Å². The van der Waals surface area contributed by atoms with E-state index >= 15 is 0 Å². The number of carbonyl (C=O) groups excluding carboxylic acids is 1. The molecule has 1 unspecified atom stereocenters. The van der Waals surface area contributed by atoms with Crippen LogP contribution in [0.4, 0.5) is 0 Å². The maximum Gasteiger partial charge on any atom is 0.164 e. The van der Waals surface area contributed by atoms with Crippen LogP contribution < -0.4 is 0 Å². The monoisotopic (exact) mass is 212 g/mol. The summed E-state index contributed by atoms with van der Waals surface area (Å²) in [7, 11) is 0. The third-order valence-corrected chi connectivity index (χ3v) is 3.24. The smallest absolute Gasteiger partial charge is 0.164 e.